The molecule has 0 aromatic carbocycles. The number of hydrogen-bond acceptors (Lipinski definition) is 4. The fraction of sp³-hybridized carbons (Fsp3) is 0.308. The van der Waals surface area contributed by atoms with Gasteiger partial charge < -0.3 is 10.5 Å². The highest BCUT2D eigenvalue weighted by atomic mass is 79.9. The summed E-state index contributed by atoms with van der Waals surface area (Å²) in [4.78, 5) is 5.10. The Hall–Kier alpha value is -0.620. The molecule has 0 bridgehead atoms. The maximum absolute atomic E-state index is 6.16. The molecule has 19 heavy (non-hydrogen) atoms. The fourth-order valence-corrected chi connectivity index (χ4v) is 3.35. The van der Waals surface area contributed by atoms with Crippen LogP contribution in [0.3, 0.4) is 0 Å². The second-order valence-electron chi connectivity index (χ2n) is 4.09. The molecule has 0 radical (unpaired) electrons. The maximum Gasteiger partial charge on any atom is 0.148 e. The SMILES string of the molecule is CCC(N)C(Oc1cncc(Cl)c1)c1ccc(Br)s1. The number of ether oxygens (including phenoxy) is 1. The van der Waals surface area contributed by atoms with Crippen LogP contribution in [0.15, 0.2) is 34.4 Å². The fourth-order valence-electron chi connectivity index (χ4n) is 1.66. The molecule has 0 aliphatic rings. The minimum atomic E-state index is -0.193. The average molecular weight is 362 g/mol. The lowest BCUT2D eigenvalue weighted by molar-refractivity contribution is 0.174. The molecule has 3 nitrogen and oxygen atoms in total. The van der Waals surface area contributed by atoms with Gasteiger partial charge in [-0.15, -0.1) is 11.3 Å². The number of pyridine rings is 1. The summed E-state index contributed by atoms with van der Waals surface area (Å²) in [5.41, 5.74) is 6.16. The third-order valence-corrected chi connectivity index (χ3v) is 4.57. The third kappa shape index (κ3) is 3.92. The van der Waals surface area contributed by atoms with Crippen LogP contribution in [0.25, 0.3) is 0 Å². The van der Waals surface area contributed by atoms with Crippen molar-refractivity contribution in [2.75, 3.05) is 0 Å². The normalized spacial score (nSPS) is 14.1. The molecule has 0 aliphatic heterocycles. The number of thiophene rings is 1. The van der Waals surface area contributed by atoms with Crippen LogP contribution >= 0.6 is 38.9 Å². The van der Waals surface area contributed by atoms with Crippen molar-refractivity contribution in [3.63, 3.8) is 0 Å². The highest BCUT2D eigenvalue weighted by molar-refractivity contribution is 9.11. The lowest BCUT2D eigenvalue weighted by atomic mass is 10.1. The molecule has 102 valence electrons. The Morgan fingerprint density at radius 3 is 2.84 bits per heavy atom. The summed E-state index contributed by atoms with van der Waals surface area (Å²) in [6.07, 6.45) is 3.85. The van der Waals surface area contributed by atoms with Gasteiger partial charge >= 0.3 is 0 Å². The van der Waals surface area contributed by atoms with Crippen LogP contribution in [0, 0.1) is 0 Å². The van der Waals surface area contributed by atoms with Crippen LogP contribution in [-0.2, 0) is 0 Å². The molecule has 2 atom stereocenters. The van der Waals surface area contributed by atoms with Crippen molar-refractivity contribution in [2.24, 2.45) is 5.73 Å². The second-order valence-corrected chi connectivity index (χ2v) is 7.02. The van der Waals surface area contributed by atoms with Gasteiger partial charge in [-0.05, 0) is 34.5 Å². The van der Waals surface area contributed by atoms with E-state index < -0.39 is 0 Å². The van der Waals surface area contributed by atoms with Gasteiger partial charge in [0.05, 0.1) is 15.0 Å². The molecule has 0 spiro atoms. The highest BCUT2D eigenvalue weighted by Gasteiger charge is 2.22. The molecule has 2 aromatic heterocycles. The second kappa shape index (κ2) is 6.70. The summed E-state index contributed by atoms with van der Waals surface area (Å²) in [6, 6.07) is 5.68. The summed E-state index contributed by atoms with van der Waals surface area (Å²) in [7, 11) is 0. The minimum absolute atomic E-state index is 0.0791. The standard InChI is InChI=1S/C13H14BrClN2OS/c1-2-10(16)13(11-3-4-12(14)19-11)18-9-5-8(15)6-17-7-9/h3-7,10,13H,2,16H2,1H3. The molecule has 0 saturated heterocycles. The summed E-state index contributed by atoms with van der Waals surface area (Å²) in [5.74, 6) is 0.630. The molecule has 2 N–H and O–H groups in total. The number of aromatic nitrogens is 1. The van der Waals surface area contributed by atoms with Gasteiger partial charge in [-0.3, -0.25) is 4.98 Å². The molecule has 2 aromatic rings. The lowest BCUT2D eigenvalue weighted by Crippen LogP contribution is -2.30. The quantitative estimate of drug-likeness (QED) is 0.857. The van der Waals surface area contributed by atoms with E-state index in [-0.39, 0.29) is 12.1 Å². The molecule has 0 amide bonds. The zero-order valence-corrected chi connectivity index (χ0v) is 13.5. The number of hydrogen-bond donors (Lipinski definition) is 1. The van der Waals surface area contributed by atoms with Crippen LogP contribution in [-0.4, -0.2) is 11.0 Å². The lowest BCUT2D eigenvalue weighted by Gasteiger charge is -2.23. The number of nitrogens with two attached hydrogens (primary N) is 1. The van der Waals surface area contributed by atoms with Crippen LogP contribution in [0.5, 0.6) is 5.75 Å². The summed E-state index contributed by atoms with van der Waals surface area (Å²) in [6.45, 7) is 2.04. The van der Waals surface area contributed by atoms with Gasteiger partial charge in [-0.25, -0.2) is 0 Å². The predicted octanol–water partition coefficient (Wildman–Crippen LogP) is 4.42. The first-order valence-corrected chi connectivity index (χ1v) is 7.87. The average Bonchev–Trinajstić information content (AvgIpc) is 2.81. The van der Waals surface area contributed by atoms with Crippen molar-refractivity contribution in [3.05, 3.63) is 44.3 Å². The van der Waals surface area contributed by atoms with Gasteiger partial charge in [0, 0.05) is 23.2 Å². The first-order chi connectivity index (χ1) is 9.10. The van der Waals surface area contributed by atoms with Gasteiger partial charge in [-0.2, -0.15) is 0 Å². The molecular weight excluding hydrogens is 348 g/mol. The maximum atomic E-state index is 6.16. The molecular formula is C13H14BrClN2OS. The Bertz CT molecular complexity index is 549. The van der Waals surface area contributed by atoms with Crippen molar-refractivity contribution >= 4 is 38.9 Å². The van der Waals surface area contributed by atoms with Gasteiger partial charge in [0.15, 0.2) is 0 Å². The first kappa shape index (κ1) is 14.8. The van der Waals surface area contributed by atoms with Crippen LogP contribution in [0.2, 0.25) is 5.02 Å². The Labute approximate surface area is 129 Å². The van der Waals surface area contributed by atoms with E-state index in [1.54, 1.807) is 29.8 Å². The van der Waals surface area contributed by atoms with Crippen LogP contribution in [0.4, 0.5) is 0 Å². The highest BCUT2D eigenvalue weighted by Crippen LogP contribution is 2.33. The molecule has 0 aliphatic carbocycles. The number of rotatable bonds is 5. The van der Waals surface area contributed by atoms with Gasteiger partial charge in [0.2, 0.25) is 0 Å². The van der Waals surface area contributed by atoms with Crippen LogP contribution < -0.4 is 10.5 Å². The molecule has 2 heterocycles. The Balaban J connectivity index is 2.24. The van der Waals surface area contributed by atoms with Crippen molar-refractivity contribution in [1.82, 2.24) is 4.98 Å². The summed E-state index contributed by atoms with van der Waals surface area (Å²) < 4.78 is 7.02. The monoisotopic (exact) mass is 360 g/mol. The van der Waals surface area contributed by atoms with E-state index in [0.29, 0.717) is 10.8 Å². The zero-order valence-electron chi connectivity index (χ0n) is 10.3. The molecule has 0 saturated carbocycles. The molecule has 2 rings (SSSR count). The van der Waals surface area contributed by atoms with Crippen molar-refractivity contribution in [1.29, 1.82) is 0 Å². The smallest absolute Gasteiger partial charge is 0.148 e. The van der Waals surface area contributed by atoms with Gasteiger partial charge in [0.1, 0.15) is 11.9 Å². The predicted molar refractivity (Wildman–Crippen MR) is 82.9 cm³/mol. The van der Waals surface area contributed by atoms with E-state index >= 15 is 0 Å². The van der Waals surface area contributed by atoms with Crippen molar-refractivity contribution in [2.45, 2.75) is 25.5 Å². The Morgan fingerprint density at radius 2 is 2.26 bits per heavy atom. The molecule has 2 unspecified atom stereocenters. The van der Waals surface area contributed by atoms with E-state index in [9.17, 15) is 0 Å². The van der Waals surface area contributed by atoms with Crippen molar-refractivity contribution < 1.29 is 4.74 Å². The van der Waals surface area contributed by atoms with E-state index in [2.05, 4.69) is 20.9 Å². The van der Waals surface area contributed by atoms with E-state index in [4.69, 9.17) is 22.1 Å². The van der Waals surface area contributed by atoms with Crippen LogP contribution in [0.1, 0.15) is 24.3 Å². The minimum Gasteiger partial charge on any atom is -0.482 e. The van der Waals surface area contributed by atoms with E-state index in [1.165, 1.54) is 0 Å². The topological polar surface area (TPSA) is 48.1 Å². The van der Waals surface area contributed by atoms with Crippen molar-refractivity contribution in [3.8, 4) is 5.75 Å². The Kier molecular flexibility index (Phi) is 5.21. The number of nitrogens with zero attached hydrogens (tertiary/aromatic N) is 1. The van der Waals surface area contributed by atoms with Gasteiger partial charge in [-0.1, -0.05) is 18.5 Å². The first-order valence-electron chi connectivity index (χ1n) is 5.88. The molecule has 6 heteroatoms. The summed E-state index contributed by atoms with van der Waals surface area (Å²) in [5, 5.41) is 0.550. The largest absolute Gasteiger partial charge is 0.482 e. The summed E-state index contributed by atoms with van der Waals surface area (Å²) >= 11 is 11.0. The number of halogens is 2. The Morgan fingerprint density at radius 1 is 1.47 bits per heavy atom. The van der Waals surface area contributed by atoms with E-state index in [1.807, 2.05) is 19.1 Å². The van der Waals surface area contributed by atoms with Gasteiger partial charge in [0.25, 0.3) is 0 Å². The third-order valence-electron chi connectivity index (χ3n) is 2.68. The zero-order chi connectivity index (χ0) is 13.8. The van der Waals surface area contributed by atoms with E-state index in [0.717, 1.165) is 15.1 Å². The molecule has 0 fully saturated rings.